The molecule has 0 aliphatic heterocycles. The van der Waals surface area contributed by atoms with Crippen molar-refractivity contribution < 1.29 is 9.53 Å². The largest absolute Gasteiger partial charge is 0.468 e. The SMILES string of the molecule is COC(=O)C(N)c1csc2c1CCCC2. The lowest BCUT2D eigenvalue weighted by Gasteiger charge is -2.15. The highest BCUT2D eigenvalue weighted by molar-refractivity contribution is 7.10. The van der Waals surface area contributed by atoms with E-state index >= 15 is 0 Å². The number of esters is 1. The Morgan fingerprint density at radius 3 is 3.00 bits per heavy atom. The molecule has 1 heterocycles. The summed E-state index contributed by atoms with van der Waals surface area (Å²) in [5.74, 6) is -0.346. The number of hydrogen-bond acceptors (Lipinski definition) is 4. The van der Waals surface area contributed by atoms with Gasteiger partial charge >= 0.3 is 5.97 Å². The van der Waals surface area contributed by atoms with E-state index in [9.17, 15) is 4.79 Å². The van der Waals surface area contributed by atoms with Gasteiger partial charge in [0.05, 0.1) is 7.11 Å². The molecule has 15 heavy (non-hydrogen) atoms. The molecule has 0 fully saturated rings. The number of aryl methyl sites for hydroxylation is 1. The molecule has 0 saturated heterocycles. The summed E-state index contributed by atoms with van der Waals surface area (Å²) in [4.78, 5) is 12.8. The Hall–Kier alpha value is -0.870. The maximum atomic E-state index is 11.4. The van der Waals surface area contributed by atoms with Gasteiger partial charge in [-0.05, 0) is 42.2 Å². The van der Waals surface area contributed by atoms with Gasteiger partial charge < -0.3 is 10.5 Å². The second-order valence-corrected chi connectivity index (χ2v) is 4.76. The highest BCUT2D eigenvalue weighted by Crippen LogP contribution is 2.33. The topological polar surface area (TPSA) is 52.3 Å². The minimum Gasteiger partial charge on any atom is -0.468 e. The number of thiophene rings is 1. The Labute approximate surface area is 93.2 Å². The molecule has 82 valence electrons. The molecule has 0 saturated carbocycles. The van der Waals surface area contributed by atoms with E-state index in [0.29, 0.717) is 0 Å². The number of methoxy groups -OCH3 is 1. The van der Waals surface area contributed by atoms with Crippen LogP contribution in [-0.2, 0) is 22.4 Å². The summed E-state index contributed by atoms with van der Waals surface area (Å²) >= 11 is 1.72. The smallest absolute Gasteiger partial charge is 0.327 e. The van der Waals surface area contributed by atoms with Gasteiger partial charge in [-0.15, -0.1) is 11.3 Å². The molecule has 0 bridgehead atoms. The van der Waals surface area contributed by atoms with Crippen LogP contribution in [0.4, 0.5) is 0 Å². The Morgan fingerprint density at radius 2 is 2.27 bits per heavy atom. The number of ether oxygens (including phenoxy) is 1. The standard InChI is InChI=1S/C11H15NO2S/c1-14-11(13)10(12)8-6-15-9-5-3-2-4-7(8)9/h6,10H,2-5,12H2,1H3. The van der Waals surface area contributed by atoms with E-state index in [1.165, 1.54) is 30.4 Å². The fourth-order valence-corrected chi connectivity index (χ4v) is 3.22. The van der Waals surface area contributed by atoms with Gasteiger partial charge in [0.25, 0.3) is 0 Å². The Morgan fingerprint density at radius 1 is 1.53 bits per heavy atom. The summed E-state index contributed by atoms with van der Waals surface area (Å²) in [6.45, 7) is 0. The van der Waals surface area contributed by atoms with Crippen molar-refractivity contribution in [2.45, 2.75) is 31.7 Å². The lowest BCUT2D eigenvalue weighted by molar-refractivity contribution is -0.142. The third kappa shape index (κ3) is 1.92. The van der Waals surface area contributed by atoms with E-state index in [-0.39, 0.29) is 5.97 Å². The van der Waals surface area contributed by atoms with E-state index in [1.54, 1.807) is 11.3 Å². The van der Waals surface area contributed by atoms with Gasteiger partial charge in [-0.25, -0.2) is 0 Å². The monoisotopic (exact) mass is 225 g/mol. The highest BCUT2D eigenvalue weighted by Gasteiger charge is 2.24. The molecular formula is C11H15NO2S. The van der Waals surface area contributed by atoms with Gasteiger partial charge in [-0.1, -0.05) is 0 Å². The number of nitrogens with two attached hydrogens (primary N) is 1. The van der Waals surface area contributed by atoms with Crippen LogP contribution < -0.4 is 5.73 Å². The van der Waals surface area contributed by atoms with Crippen molar-refractivity contribution in [2.24, 2.45) is 5.73 Å². The normalized spacial score (nSPS) is 16.9. The molecule has 2 N–H and O–H groups in total. The molecular weight excluding hydrogens is 210 g/mol. The number of hydrogen-bond donors (Lipinski definition) is 1. The van der Waals surface area contributed by atoms with Crippen molar-refractivity contribution in [3.05, 3.63) is 21.4 Å². The van der Waals surface area contributed by atoms with E-state index in [0.717, 1.165) is 18.4 Å². The Kier molecular flexibility index (Phi) is 3.07. The molecule has 1 atom stereocenters. The van der Waals surface area contributed by atoms with Crippen molar-refractivity contribution in [1.82, 2.24) is 0 Å². The third-order valence-electron chi connectivity index (χ3n) is 2.88. The molecule has 3 nitrogen and oxygen atoms in total. The van der Waals surface area contributed by atoms with Gasteiger partial charge in [-0.3, -0.25) is 4.79 Å². The van der Waals surface area contributed by atoms with Gasteiger partial charge in [0.1, 0.15) is 6.04 Å². The zero-order valence-electron chi connectivity index (χ0n) is 8.79. The van der Waals surface area contributed by atoms with Crippen LogP contribution >= 0.6 is 11.3 Å². The average Bonchev–Trinajstić information content (AvgIpc) is 2.70. The maximum absolute atomic E-state index is 11.4. The number of rotatable bonds is 2. The maximum Gasteiger partial charge on any atom is 0.327 e. The van der Waals surface area contributed by atoms with Crippen LogP contribution in [0.2, 0.25) is 0 Å². The van der Waals surface area contributed by atoms with Crippen LogP contribution in [-0.4, -0.2) is 13.1 Å². The molecule has 2 rings (SSSR count). The first kappa shape index (κ1) is 10.6. The molecule has 1 aromatic heterocycles. The van der Waals surface area contributed by atoms with Crippen LogP contribution in [0.15, 0.2) is 5.38 Å². The van der Waals surface area contributed by atoms with E-state index in [4.69, 9.17) is 5.73 Å². The van der Waals surface area contributed by atoms with Crippen molar-refractivity contribution in [1.29, 1.82) is 0 Å². The van der Waals surface area contributed by atoms with Gasteiger partial charge in [-0.2, -0.15) is 0 Å². The van der Waals surface area contributed by atoms with Crippen molar-refractivity contribution in [2.75, 3.05) is 7.11 Å². The first-order valence-electron chi connectivity index (χ1n) is 5.16. The summed E-state index contributed by atoms with van der Waals surface area (Å²) in [5.41, 5.74) is 8.12. The van der Waals surface area contributed by atoms with E-state index < -0.39 is 6.04 Å². The van der Waals surface area contributed by atoms with Crippen LogP contribution in [0.5, 0.6) is 0 Å². The molecule has 0 aromatic carbocycles. The minimum atomic E-state index is -0.604. The van der Waals surface area contributed by atoms with Gasteiger partial charge in [0.2, 0.25) is 0 Å². The van der Waals surface area contributed by atoms with E-state index in [2.05, 4.69) is 4.74 Å². The lowest BCUT2D eigenvalue weighted by atomic mass is 9.93. The van der Waals surface area contributed by atoms with Crippen molar-refractivity contribution in [3.63, 3.8) is 0 Å². The van der Waals surface area contributed by atoms with Gasteiger partial charge in [0, 0.05) is 4.88 Å². The third-order valence-corrected chi connectivity index (χ3v) is 3.99. The average molecular weight is 225 g/mol. The zero-order valence-corrected chi connectivity index (χ0v) is 9.60. The number of carbonyl (C=O) groups is 1. The van der Waals surface area contributed by atoms with E-state index in [1.807, 2.05) is 5.38 Å². The molecule has 1 aromatic rings. The number of fused-ring (bicyclic) bond motifs is 1. The fraction of sp³-hybridized carbons (Fsp3) is 0.545. The summed E-state index contributed by atoms with van der Waals surface area (Å²) in [6.07, 6.45) is 4.64. The first-order chi connectivity index (χ1) is 7.24. The lowest BCUT2D eigenvalue weighted by Crippen LogP contribution is -2.23. The van der Waals surface area contributed by atoms with Crippen LogP contribution in [0, 0.1) is 0 Å². The second kappa shape index (κ2) is 4.33. The summed E-state index contributed by atoms with van der Waals surface area (Å²) in [7, 11) is 1.38. The van der Waals surface area contributed by atoms with Crippen LogP contribution in [0.1, 0.15) is 34.9 Å². The number of carbonyl (C=O) groups excluding carboxylic acids is 1. The summed E-state index contributed by atoms with van der Waals surface area (Å²) in [6, 6.07) is -0.604. The second-order valence-electron chi connectivity index (χ2n) is 3.80. The molecule has 1 unspecified atom stereocenters. The molecule has 4 heteroatoms. The molecule has 0 amide bonds. The molecule has 1 aliphatic rings. The zero-order chi connectivity index (χ0) is 10.8. The van der Waals surface area contributed by atoms with Crippen LogP contribution in [0.25, 0.3) is 0 Å². The predicted octanol–water partition coefficient (Wildman–Crippen LogP) is 1.80. The summed E-state index contributed by atoms with van der Waals surface area (Å²) in [5, 5.41) is 2.01. The van der Waals surface area contributed by atoms with Crippen molar-refractivity contribution in [3.8, 4) is 0 Å². The quantitative estimate of drug-likeness (QED) is 0.781. The van der Waals surface area contributed by atoms with Crippen molar-refractivity contribution >= 4 is 17.3 Å². The molecule has 1 aliphatic carbocycles. The highest BCUT2D eigenvalue weighted by atomic mass is 32.1. The fourth-order valence-electron chi connectivity index (χ4n) is 2.03. The van der Waals surface area contributed by atoms with Gasteiger partial charge in [0.15, 0.2) is 0 Å². The first-order valence-corrected chi connectivity index (χ1v) is 6.04. The minimum absolute atomic E-state index is 0.346. The Bertz CT molecular complexity index is 373. The summed E-state index contributed by atoms with van der Waals surface area (Å²) < 4.78 is 4.67. The molecule has 0 spiro atoms. The predicted molar refractivity (Wildman–Crippen MR) is 59.9 cm³/mol. The Balaban J connectivity index is 2.28. The molecule has 0 radical (unpaired) electrons. The van der Waals surface area contributed by atoms with Crippen LogP contribution in [0.3, 0.4) is 0 Å².